The van der Waals surface area contributed by atoms with Crippen LogP contribution in [0.2, 0.25) is 0 Å². The van der Waals surface area contributed by atoms with Crippen molar-refractivity contribution < 1.29 is 0 Å². The third kappa shape index (κ3) is 4.68. The van der Waals surface area contributed by atoms with E-state index in [-0.39, 0.29) is 5.41 Å². The number of fused-ring (bicyclic) bond motifs is 7. The van der Waals surface area contributed by atoms with Crippen molar-refractivity contribution in [2.24, 2.45) is 5.92 Å². The van der Waals surface area contributed by atoms with Crippen LogP contribution in [-0.4, -0.2) is 23.7 Å². The molecule has 0 N–H and O–H groups in total. The molecule has 0 saturated heterocycles. The van der Waals surface area contributed by atoms with Gasteiger partial charge in [0.1, 0.15) is 0 Å². The van der Waals surface area contributed by atoms with Crippen LogP contribution in [0.3, 0.4) is 0 Å². The van der Waals surface area contributed by atoms with E-state index in [1.165, 1.54) is 68.2 Å². The Morgan fingerprint density at radius 2 is 1.74 bits per heavy atom. The third-order valence-electron chi connectivity index (χ3n) is 11.2. The molecule has 6 aliphatic rings. The van der Waals surface area contributed by atoms with Gasteiger partial charge in [-0.15, -0.1) is 11.8 Å². The number of thioether (sulfide) groups is 2. The standard InChI is InChI=1S/C43H41NS2/c1-44-24-10-15-34(28-44)31-14-9-13-30(25-31)33-21-23-38-42(27-33)46-40-19-8-6-17-36(40)43(38)35-16-5-7-18-39(35)45-41-26-32(20-22-37(41)43)29-11-3-2-4-12-29/h2-5,7-8,10-12,16,19-27,30,34,39H,6,9,13-15,17-18,28H2,1H3. The SMILES string of the molecule is CN1C=CCC(C2=CC(c3ccc4c(c3)SC3=C(CCC=C3)C43C4=CC=CCC4Sc4cc(-c5ccccc5)ccc43)CCC2)C1. The van der Waals surface area contributed by atoms with Gasteiger partial charge in [-0.25, -0.2) is 0 Å². The highest BCUT2D eigenvalue weighted by molar-refractivity contribution is 8.03. The molecule has 3 aliphatic heterocycles. The molecule has 1 nitrogen and oxygen atoms in total. The molecule has 1 spiro atoms. The summed E-state index contributed by atoms with van der Waals surface area (Å²) in [6.45, 7) is 1.15. The third-order valence-corrected chi connectivity index (χ3v) is 13.6. The summed E-state index contributed by atoms with van der Waals surface area (Å²) in [5.41, 5.74) is 11.8. The van der Waals surface area contributed by atoms with E-state index in [2.05, 4.69) is 139 Å². The summed E-state index contributed by atoms with van der Waals surface area (Å²) in [5.74, 6) is 1.17. The molecule has 4 atom stereocenters. The molecule has 0 bridgehead atoms. The Labute approximate surface area is 283 Å². The Bertz CT molecular complexity index is 1890. The molecule has 0 amide bonds. The fourth-order valence-corrected chi connectivity index (χ4v) is 11.8. The van der Waals surface area contributed by atoms with E-state index in [1.54, 1.807) is 16.7 Å². The van der Waals surface area contributed by atoms with E-state index in [1.807, 2.05) is 11.8 Å². The lowest BCUT2D eigenvalue weighted by Gasteiger charge is -2.51. The molecule has 3 aromatic carbocycles. The van der Waals surface area contributed by atoms with Gasteiger partial charge in [0.15, 0.2) is 0 Å². The van der Waals surface area contributed by atoms with E-state index in [9.17, 15) is 0 Å². The highest BCUT2D eigenvalue weighted by Crippen LogP contribution is 2.64. The van der Waals surface area contributed by atoms with Crippen LogP contribution in [0, 0.1) is 5.92 Å². The predicted octanol–water partition coefficient (Wildman–Crippen LogP) is 11.4. The molecule has 3 aromatic rings. The molecule has 3 heterocycles. The van der Waals surface area contributed by atoms with Gasteiger partial charge in [-0.1, -0.05) is 114 Å². The lowest BCUT2D eigenvalue weighted by Crippen LogP contribution is -2.42. The zero-order valence-electron chi connectivity index (χ0n) is 26.6. The van der Waals surface area contributed by atoms with Crippen molar-refractivity contribution in [2.45, 2.75) is 71.3 Å². The van der Waals surface area contributed by atoms with Crippen LogP contribution < -0.4 is 0 Å². The van der Waals surface area contributed by atoms with Gasteiger partial charge in [-0.2, -0.15) is 0 Å². The molecule has 0 aromatic heterocycles. The topological polar surface area (TPSA) is 3.24 Å². The van der Waals surface area contributed by atoms with Gasteiger partial charge in [0.05, 0.1) is 5.41 Å². The molecule has 3 heteroatoms. The fourth-order valence-electron chi connectivity index (χ4n) is 9.04. The van der Waals surface area contributed by atoms with Crippen LogP contribution in [-0.2, 0) is 5.41 Å². The minimum absolute atomic E-state index is 0.211. The number of nitrogens with zero attached hydrogens (tertiary/aromatic N) is 1. The average molecular weight is 636 g/mol. The monoisotopic (exact) mass is 635 g/mol. The van der Waals surface area contributed by atoms with Crippen molar-refractivity contribution in [3.8, 4) is 11.1 Å². The molecule has 9 rings (SSSR count). The van der Waals surface area contributed by atoms with Crippen LogP contribution in [0.1, 0.15) is 67.6 Å². The molecule has 230 valence electrons. The summed E-state index contributed by atoms with van der Waals surface area (Å²) in [5, 5.41) is 0.449. The Morgan fingerprint density at radius 3 is 2.65 bits per heavy atom. The van der Waals surface area contributed by atoms with Gasteiger partial charge in [-0.3, -0.25) is 0 Å². The maximum atomic E-state index is 2.67. The first kappa shape index (κ1) is 28.8. The van der Waals surface area contributed by atoms with Gasteiger partial charge in [0.2, 0.25) is 0 Å². The molecule has 0 fully saturated rings. The van der Waals surface area contributed by atoms with E-state index < -0.39 is 0 Å². The van der Waals surface area contributed by atoms with Crippen LogP contribution in [0.15, 0.2) is 147 Å². The number of hydrogen-bond donors (Lipinski definition) is 0. The average Bonchev–Trinajstić information content (AvgIpc) is 3.11. The summed E-state index contributed by atoms with van der Waals surface area (Å²) in [4.78, 5) is 6.76. The van der Waals surface area contributed by atoms with Crippen molar-refractivity contribution in [3.05, 3.63) is 154 Å². The quantitative estimate of drug-likeness (QED) is 0.264. The number of hydrogen-bond acceptors (Lipinski definition) is 3. The van der Waals surface area contributed by atoms with Crippen LogP contribution in [0.5, 0.6) is 0 Å². The summed E-state index contributed by atoms with van der Waals surface area (Å²) in [6.07, 6.45) is 27.7. The van der Waals surface area contributed by atoms with Gasteiger partial charge in [0.25, 0.3) is 0 Å². The lowest BCUT2D eigenvalue weighted by atomic mass is 9.60. The first-order chi connectivity index (χ1) is 22.7. The van der Waals surface area contributed by atoms with Gasteiger partial charge >= 0.3 is 0 Å². The second kappa shape index (κ2) is 11.7. The zero-order chi connectivity index (χ0) is 30.7. The van der Waals surface area contributed by atoms with Crippen molar-refractivity contribution in [2.75, 3.05) is 13.6 Å². The second-order valence-corrected chi connectivity index (χ2v) is 16.2. The van der Waals surface area contributed by atoms with E-state index in [0.717, 1.165) is 25.8 Å². The summed E-state index contributed by atoms with van der Waals surface area (Å²) < 4.78 is 0. The minimum Gasteiger partial charge on any atom is -0.380 e. The molecular weight excluding hydrogens is 595 g/mol. The summed E-state index contributed by atoms with van der Waals surface area (Å²) in [6, 6.07) is 25.9. The largest absolute Gasteiger partial charge is 0.380 e. The number of rotatable bonds is 3. The van der Waals surface area contributed by atoms with Gasteiger partial charge in [0, 0.05) is 45.4 Å². The van der Waals surface area contributed by atoms with E-state index in [4.69, 9.17) is 0 Å². The Balaban J connectivity index is 1.20. The van der Waals surface area contributed by atoms with Gasteiger partial charge in [-0.05, 0) is 102 Å². The van der Waals surface area contributed by atoms with Gasteiger partial charge < -0.3 is 4.90 Å². The number of allylic oxidation sites excluding steroid dienone is 8. The first-order valence-corrected chi connectivity index (χ1v) is 18.9. The lowest BCUT2D eigenvalue weighted by molar-refractivity contribution is 0.353. The number of benzene rings is 3. The highest BCUT2D eigenvalue weighted by Gasteiger charge is 2.52. The van der Waals surface area contributed by atoms with Crippen LogP contribution in [0.25, 0.3) is 11.1 Å². The maximum Gasteiger partial charge on any atom is 0.0671 e. The zero-order valence-corrected chi connectivity index (χ0v) is 28.3. The van der Waals surface area contributed by atoms with Crippen LogP contribution in [0.4, 0.5) is 0 Å². The van der Waals surface area contributed by atoms with Crippen LogP contribution >= 0.6 is 23.5 Å². The Kier molecular flexibility index (Phi) is 7.32. The van der Waals surface area contributed by atoms with Crippen molar-refractivity contribution >= 4 is 23.5 Å². The predicted molar refractivity (Wildman–Crippen MR) is 196 cm³/mol. The van der Waals surface area contributed by atoms with Crippen molar-refractivity contribution in [1.29, 1.82) is 0 Å². The summed E-state index contributed by atoms with van der Waals surface area (Å²) >= 11 is 4.12. The Morgan fingerprint density at radius 1 is 0.848 bits per heavy atom. The first-order valence-electron chi connectivity index (χ1n) is 17.2. The molecule has 0 saturated carbocycles. The summed E-state index contributed by atoms with van der Waals surface area (Å²) in [7, 11) is 2.22. The molecular formula is C43H41NS2. The second-order valence-electron chi connectivity index (χ2n) is 13.9. The Hall–Kier alpha value is -3.40. The smallest absolute Gasteiger partial charge is 0.0671 e. The molecule has 4 unspecified atom stereocenters. The molecule has 46 heavy (non-hydrogen) atoms. The fraction of sp³-hybridized carbons (Fsp3) is 0.302. The normalized spacial score (nSPS) is 27.8. The molecule has 0 radical (unpaired) electrons. The van der Waals surface area contributed by atoms with E-state index >= 15 is 0 Å². The highest BCUT2D eigenvalue weighted by atomic mass is 32.2. The minimum atomic E-state index is -0.211. The maximum absolute atomic E-state index is 2.67. The van der Waals surface area contributed by atoms with Crippen molar-refractivity contribution in [1.82, 2.24) is 4.90 Å². The van der Waals surface area contributed by atoms with E-state index in [0.29, 0.717) is 17.1 Å². The molecule has 3 aliphatic carbocycles. The van der Waals surface area contributed by atoms with Crippen molar-refractivity contribution in [3.63, 3.8) is 0 Å².